The van der Waals surface area contributed by atoms with Gasteiger partial charge in [0.2, 0.25) is 0 Å². The summed E-state index contributed by atoms with van der Waals surface area (Å²) in [6.07, 6.45) is 0.807. The lowest BCUT2D eigenvalue weighted by molar-refractivity contribution is 0.475. The van der Waals surface area contributed by atoms with E-state index in [1.807, 2.05) is 38.4 Å². The number of aromatic hydroxyl groups is 1. The molecule has 0 radical (unpaired) electrons. The molecule has 0 saturated carbocycles. The fourth-order valence-corrected chi connectivity index (χ4v) is 2.93. The van der Waals surface area contributed by atoms with Gasteiger partial charge in [0.15, 0.2) is 0 Å². The normalized spacial score (nSPS) is 10.9. The number of phenols is 1. The van der Waals surface area contributed by atoms with Gasteiger partial charge in [0.25, 0.3) is 0 Å². The molecule has 0 amide bonds. The molecule has 3 aromatic carbocycles. The summed E-state index contributed by atoms with van der Waals surface area (Å²) < 4.78 is 0. The first kappa shape index (κ1) is 14.5. The molecule has 112 valence electrons. The average Bonchev–Trinajstić information content (AvgIpc) is 2.55. The number of fused-ring (bicyclic) bond motifs is 1. The predicted octanol–water partition coefficient (Wildman–Crippen LogP) is 4.84. The fraction of sp³-hybridized carbons (Fsp3) is 0.200. The van der Waals surface area contributed by atoms with Gasteiger partial charge in [-0.25, -0.2) is 0 Å². The Morgan fingerprint density at radius 1 is 0.955 bits per heavy atom. The van der Waals surface area contributed by atoms with Crippen molar-refractivity contribution in [1.29, 1.82) is 0 Å². The van der Waals surface area contributed by atoms with E-state index in [9.17, 15) is 5.11 Å². The molecule has 22 heavy (non-hydrogen) atoms. The molecule has 1 N–H and O–H groups in total. The second-order valence-corrected chi connectivity index (χ2v) is 5.77. The molecule has 3 rings (SSSR count). The Bertz CT molecular complexity index is 804. The molecule has 0 heterocycles. The number of anilines is 1. The van der Waals surface area contributed by atoms with Crippen LogP contribution < -0.4 is 4.90 Å². The van der Waals surface area contributed by atoms with Gasteiger partial charge in [-0.3, -0.25) is 0 Å². The summed E-state index contributed by atoms with van der Waals surface area (Å²) in [5.74, 6) is 0.410. The van der Waals surface area contributed by atoms with E-state index >= 15 is 0 Å². The zero-order valence-electron chi connectivity index (χ0n) is 13.3. The van der Waals surface area contributed by atoms with Crippen molar-refractivity contribution in [2.75, 3.05) is 19.0 Å². The Morgan fingerprint density at radius 2 is 1.64 bits per heavy atom. The Balaban J connectivity index is 2.21. The molecule has 0 aliphatic rings. The monoisotopic (exact) mass is 291 g/mol. The van der Waals surface area contributed by atoms with Gasteiger partial charge in [0, 0.05) is 30.7 Å². The topological polar surface area (TPSA) is 23.5 Å². The molecule has 0 aliphatic carbocycles. The molecule has 2 nitrogen and oxygen atoms in total. The lowest BCUT2D eigenvalue weighted by Crippen LogP contribution is -2.07. The van der Waals surface area contributed by atoms with Gasteiger partial charge in [-0.15, -0.1) is 0 Å². The van der Waals surface area contributed by atoms with Crippen LogP contribution in [0.2, 0.25) is 0 Å². The van der Waals surface area contributed by atoms with Crippen molar-refractivity contribution in [3.8, 4) is 16.9 Å². The van der Waals surface area contributed by atoms with Gasteiger partial charge >= 0.3 is 0 Å². The third kappa shape index (κ3) is 2.41. The van der Waals surface area contributed by atoms with Crippen molar-refractivity contribution in [2.24, 2.45) is 0 Å². The number of phenolic OH excluding ortho intramolecular Hbond substituents is 1. The Morgan fingerprint density at radius 3 is 2.27 bits per heavy atom. The zero-order chi connectivity index (χ0) is 15.7. The van der Waals surface area contributed by atoms with Crippen LogP contribution in [0.1, 0.15) is 12.5 Å². The van der Waals surface area contributed by atoms with Gasteiger partial charge < -0.3 is 10.0 Å². The Labute approximate surface area is 131 Å². The van der Waals surface area contributed by atoms with Crippen molar-refractivity contribution in [2.45, 2.75) is 13.3 Å². The quantitative estimate of drug-likeness (QED) is 0.746. The van der Waals surface area contributed by atoms with Crippen molar-refractivity contribution < 1.29 is 5.11 Å². The third-order valence-corrected chi connectivity index (χ3v) is 4.17. The first-order chi connectivity index (χ1) is 10.6. The maximum Gasteiger partial charge on any atom is 0.127 e. The summed E-state index contributed by atoms with van der Waals surface area (Å²) >= 11 is 0. The summed E-state index contributed by atoms with van der Waals surface area (Å²) in [6.45, 7) is 2.08. The molecule has 3 aromatic rings. The molecule has 2 heteroatoms. The highest BCUT2D eigenvalue weighted by molar-refractivity contribution is 5.94. The minimum atomic E-state index is 0.410. The highest BCUT2D eigenvalue weighted by Gasteiger charge is 2.12. The van der Waals surface area contributed by atoms with Crippen LogP contribution in [-0.2, 0) is 6.42 Å². The second-order valence-electron chi connectivity index (χ2n) is 5.77. The minimum Gasteiger partial charge on any atom is -0.507 e. The van der Waals surface area contributed by atoms with Gasteiger partial charge in [-0.05, 0) is 41.1 Å². The van der Waals surface area contributed by atoms with Crippen LogP contribution in [0.3, 0.4) is 0 Å². The van der Waals surface area contributed by atoms with Crippen LogP contribution in [0.15, 0.2) is 54.6 Å². The van der Waals surface area contributed by atoms with Crippen LogP contribution in [0.5, 0.6) is 5.75 Å². The summed E-state index contributed by atoms with van der Waals surface area (Å²) in [4.78, 5) is 2.09. The molecule has 0 saturated heterocycles. The molecule has 0 fully saturated rings. The van der Waals surface area contributed by atoms with E-state index in [1.54, 1.807) is 0 Å². The Hall–Kier alpha value is -2.48. The molecule has 0 atom stereocenters. The first-order valence-electron chi connectivity index (χ1n) is 7.63. The largest absolute Gasteiger partial charge is 0.507 e. The molecule has 0 aromatic heterocycles. The van der Waals surface area contributed by atoms with Crippen LogP contribution in [-0.4, -0.2) is 19.2 Å². The van der Waals surface area contributed by atoms with Crippen molar-refractivity contribution >= 4 is 16.5 Å². The number of benzene rings is 3. The lowest BCUT2D eigenvalue weighted by Gasteiger charge is -2.16. The maximum absolute atomic E-state index is 10.6. The summed E-state index contributed by atoms with van der Waals surface area (Å²) in [7, 11) is 4.07. The number of hydrogen-bond acceptors (Lipinski definition) is 2. The van der Waals surface area contributed by atoms with E-state index < -0.39 is 0 Å². The van der Waals surface area contributed by atoms with Crippen LogP contribution >= 0.6 is 0 Å². The van der Waals surface area contributed by atoms with E-state index in [0.29, 0.717) is 5.75 Å². The van der Waals surface area contributed by atoms with E-state index in [-0.39, 0.29) is 0 Å². The molecular weight excluding hydrogens is 270 g/mol. The molecule has 0 spiro atoms. The molecule has 0 bridgehead atoms. The van der Waals surface area contributed by atoms with Crippen LogP contribution in [0, 0.1) is 0 Å². The lowest BCUT2D eigenvalue weighted by atomic mass is 9.93. The highest BCUT2D eigenvalue weighted by Crippen LogP contribution is 2.37. The van der Waals surface area contributed by atoms with Gasteiger partial charge in [-0.1, -0.05) is 43.3 Å². The Kier molecular flexibility index (Phi) is 3.76. The van der Waals surface area contributed by atoms with Crippen molar-refractivity contribution in [1.82, 2.24) is 0 Å². The number of nitrogens with zero attached hydrogens (tertiary/aromatic N) is 1. The summed E-state index contributed by atoms with van der Waals surface area (Å²) in [6, 6.07) is 18.6. The molecule has 0 unspecified atom stereocenters. The second kappa shape index (κ2) is 5.72. The number of hydrogen-bond donors (Lipinski definition) is 1. The maximum atomic E-state index is 10.6. The van der Waals surface area contributed by atoms with Gasteiger partial charge in [0.1, 0.15) is 5.75 Å². The van der Waals surface area contributed by atoms with Crippen molar-refractivity contribution in [3.63, 3.8) is 0 Å². The van der Waals surface area contributed by atoms with Gasteiger partial charge in [0.05, 0.1) is 0 Å². The third-order valence-electron chi connectivity index (χ3n) is 4.17. The highest BCUT2D eigenvalue weighted by atomic mass is 16.3. The van der Waals surface area contributed by atoms with Gasteiger partial charge in [-0.2, -0.15) is 0 Å². The van der Waals surface area contributed by atoms with Crippen molar-refractivity contribution in [3.05, 3.63) is 60.2 Å². The molecule has 0 aliphatic heterocycles. The fourth-order valence-electron chi connectivity index (χ4n) is 2.93. The van der Waals surface area contributed by atoms with Crippen LogP contribution in [0.25, 0.3) is 21.9 Å². The van der Waals surface area contributed by atoms with E-state index in [1.165, 1.54) is 5.69 Å². The van der Waals surface area contributed by atoms with E-state index in [2.05, 4.69) is 42.2 Å². The summed E-state index contributed by atoms with van der Waals surface area (Å²) in [5, 5.41) is 12.6. The van der Waals surface area contributed by atoms with E-state index in [4.69, 9.17) is 0 Å². The zero-order valence-corrected chi connectivity index (χ0v) is 13.3. The minimum absolute atomic E-state index is 0.410. The predicted molar refractivity (Wildman–Crippen MR) is 94.8 cm³/mol. The van der Waals surface area contributed by atoms with E-state index in [0.717, 1.165) is 33.9 Å². The smallest absolute Gasteiger partial charge is 0.127 e. The number of rotatable bonds is 3. The first-order valence-corrected chi connectivity index (χ1v) is 7.63. The molecular formula is C20H21NO. The summed E-state index contributed by atoms with van der Waals surface area (Å²) in [5.41, 5.74) is 4.44. The average molecular weight is 291 g/mol. The SMILES string of the molecule is CCc1c(-c2ccc(N(C)C)cc2)cc2ccccc2c1O. The standard InChI is InChI=1S/C20H21NO/c1-4-17-19(14-9-11-16(12-10-14)21(2)3)13-15-7-5-6-8-18(15)20(17)22/h5-13,22H,4H2,1-3H3. The van der Waals surface area contributed by atoms with Crippen LogP contribution in [0.4, 0.5) is 5.69 Å².